The van der Waals surface area contributed by atoms with E-state index in [1.54, 1.807) is 23.7 Å². The van der Waals surface area contributed by atoms with Crippen LogP contribution in [0.4, 0.5) is 0 Å². The van der Waals surface area contributed by atoms with E-state index in [2.05, 4.69) is 36.5 Å². The van der Waals surface area contributed by atoms with Crippen LogP contribution in [0, 0.1) is 0 Å². The SMILES string of the molecule is NC1(NC(=O)Cc2nnc(Cc3nc4ccc(-c5cncnc5)cc4s3)o2)CC1. The van der Waals surface area contributed by atoms with Crippen molar-refractivity contribution in [1.82, 2.24) is 30.5 Å². The van der Waals surface area contributed by atoms with E-state index in [0.717, 1.165) is 39.2 Å². The molecule has 9 nitrogen and oxygen atoms in total. The molecule has 0 radical (unpaired) electrons. The summed E-state index contributed by atoms with van der Waals surface area (Å²) >= 11 is 1.56. The minimum atomic E-state index is -0.550. The van der Waals surface area contributed by atoms with Crippen molar-refractivity contribution in [3.8, 4) is 11.1 Å². The van der Waals surface area contributed by atoms with E-state index < -0.39 is 5.66 Å². The smallest absolute Gasteiger partial charge is 0.230 e. The Kier molecular flexibility index (Phi) is 4.29. The number of carbonyl (C=O) groups is 1. The molecule has 3 aromatic heterocycles. The Balaban J connectivity index is 1.29. The molecule has 1 amide bonds. The number of fused-ring (bicyclic) bond motifs is 1. The third-order valence-corrected chi connectivity index (χ3v) is 5.64. The number of benzene rings is 1. The number of amides is 1. The number of hydrogen-bond donors (Lipinski definition) is 2. The van der Waals surface area contributed by atoms with Crippen molar-refractivity contribution >= 4 is 27.5 Å². The summed E-state index contributed by atoms with van der Waals surface area (Å²) in [5.74, 6) is 0.490. The lowest BCUT2D eigenvalue weighted by Gasteiger charge is -2.09. The van der Waals surface area contributed by atoms with Crippen molar-refractivity contribution in [3.05, 3.63) is 53.7 Å². The fraction of sp³-hybridized carbons (Fsp3) is 0.263. The first kappa shape index (κ1) is 17.8. The van der Waals surface area contributed by atoms with Crippen LogP contribution in [0.3, 0.4) is 0 Å². The molecule has 5 rings (SSSR count). The van der Waals surface area contributed by atoms with Gasteiger partial charge in [-0.15, -0.1) is 21.5 Å². The van der Waals surface area contributed by atoms with Crippen LogP contribution in [0.5, 0.6) is 0 Å². The van der Waals surface area contributed by atoms with Crippen LogP contribution >= 0.6 is 11.3 Å². The molecule has 0 spiro atoms. The first-order valence-electron chi connectivity index (χ1n) is 9.12. The highest BCUT2D eigenvalue weighted by atomic mass is 32.1. The fourth-order valence-electron chi connectivity index (χ4n) is 2.96. The van der Waals surface area contributed by atoms with Gasteiger partial charge in [-0.2, -0.15) is 0 Å². The average molecular weight is 407 g/mol. The number of thiazole rings is 1. The van der Waals surface area contributed by atoms with E-state index in [-0.39, 0.29) is 18.2 Å². The highest BCUT2D eigenvalue weighted by Crippen LogP contribution is 2.29. The fourth-order valence-corrected chi connectivity index (χ4v) is 3.95. The van der Waals surface area contributed by atoms with Gasteiger partial charge in [0.2, 0.25) is 17.7 Å². The summed E-state index contributed by atoms with van der Waals surface area (Å²) in [5, 5.41) is 11.6. The second kappa shape index (κ2) is 6.98. The monoisotopic (exact) mass is 407 g/mol. The third kappa shape index (κ3) is 3.98. The van der Waals surface area contributed by atoms with Crippen molar-refractivity contribution in [2.45, 2.75) is 31.3 Å². The largest absolute Gasteiger partial charge is 0.424 e. The van der Waals surface area contributed by atoms with Crippen LogP contribution in [0.15, 0.2) is 41.3 Å². The van der Waals surface area contributed by atoms with E-state index in [4.69, 9.17) is 10.2 Å². The number of carbonyl (C=O) groups excluding carboxylic acids is 1. The van der Waals surface area contributed by atoms with Crippen molar-refractivity contribution < 1.29 is 9.21 Å². The molecule has 10 heteroatoms. The Morgan fingerprint density at radius 2 is 1.97 bits per heavy atom. The molecule has 0 bridgehead atoms. The Morgan fingerprint density at radius 3 is 2.76 bits per heavy atom. The lowest BCUT2D eigenvalue weighted by Crippen LogP contribution is -2.44. The molecular formula is C19H17N7O2S. The van der Waals surface area contributed by atoms with Gasteiger partial charge < -0.3 is 15.5 Å². The Labute approximate surface area is 169 Å². The second-order valence-corrected chi connectivity index (χ2v) is 8.18. The van der Waals surface area contributed by atoms with Crippen LogP contribution < -0.4 is 11.1 Å². The molecule has 29 heavy (non-hydrogen) atoms. The molecule has 1 fully saturated rings. The van der Waals surface area contributed by atoms with Crippen molar-refractivity contribution in [3.63, 3.8) is 0 Å². The molecule has 0 atom stereocenters. The van der Waals surface area contributed by atoms with Gasteiger partial charge in [0.05, 0.1) is 22.3 Å². The number of rotatable bonds is 6. The quantitative estimate of drug-likeness (QED) is 0.463. The summed E-state index contributed by atoms with van der Waals surface area (Å²) in [5.41, 5.74) is 8.22. The normalized spacial score (nSPS) is 14.8. The predicted octanol–water partition coefficient (Wildman–Crippen LogP) is 1.83. The summed E-state index contributed by atoms with van der Waals surface area (Å²) in [6.45, 7) is 0. The van der Waals surface area contributed by atoms with E-state index in [1.165, 1.54) is 6.33 Å². The molecule has 4 aromatic rings. The van der Waals surface area contributed by atoms with E-state index in [0.29, 0.717) is 12.3 Å². The zero-order valence-electron chi connectivity index (χ0n) is 15.3. The van der Waals surface area contributed by atoms with Crippen LogP contribution in [-0.4, -0.2) is 36.7 Å². The standard InChI is InChI=1S/C19H17N7O2S/c20-19(3-4-19)24-15(27)6-16-25-26-17(28-16)7-18-23-13-2-1-11(5-14(13)29-18)12-8-21-10-22-9-12/h1-2,5,8-10H,3-4,6-7,20H2,(H,24,27). The summed E-state index contributed by atoms with van der Waals surface area (Å²) in [6.07, 6.45) is 7.10. The first-order valence-corrected chi connectivity index (χ1v) is 9.94. The van der Waals surface area contributed by atoms with Crippen molar-refractivity contribution in [1.29, 1.82) is 0 Å². The Hall–Kier alpha value is -3.24. The zero-order valence-corrected chi connectivity index (χ0v) is 16.1. The van der Waals surface area contributed by atoms with Gasteiger partial charge in [0.25, 0.3) is 0 Å². The van der Waals surface area contributed by atoms with Gasteiger partial charge in [-0.05, 0) is 30.5 Å². The summed E-state index contributed by atoms with van der Waals surface area (Å²) in [7, 11) is 0. The topological polar surface area (TPSA) is 133 Å². The molecule has 1 saturated carbocycles. The van der Waals surface area contributed by atoms with Crippen molar-refractivity contribution in [2.24, 2.45) is 5.73 Å². The van der Waals surface area contributed by atoms with Gasteiger partial charge in [0, 0.05) is 18.0 Å². The summed E-state index contributed by atoms with van der Waals surface area (Å²) in [4.78, 5) is 24.7. The minimum absolute atomic E-state index is 0.0221. The van der Waals surface area contributed by atoms with Crippen LogP contribution in [0.1, 0.15) is 29.6 Å². The lowest BCUT2D eigenvalue weighted by molar-refractivity contribution is -0.121. The van der Waals surface area contributed by atoms with Gasteiger partial charge in [0.15, 0.2) is 0 Å². The van der Waals surface area contributed by atoms with E-state index in [1.807, 2.05) is 12.1 Å². The molecule has 3 N–H and O–H groups in total. The number of hydrogen-bond acceptors (Lipinski definition) is 9. The number of nitrogens with two attached hydrogens (primary N) is 1. The first-order chi connectivity index (χ1) is 14.1. The summed E-state index contributed by atoms with van der Waals surface area (Å²) < 4.78 is 6.66. The molecule has 0 aliphatic heterocycles. The molecule has 1 aliphatic carbocycles. The number of nitrogens with zero attached hydrogens (tertiary/aromatic N) is 5. The van der Waals surface area contributed by atoms with Crippen LogP contribution in [0.25, 0.3) is 21.3 Å². The highest BCUT2D eigenvalue weighted by Gasteiger charge is 2.39. The average Bonchev–Trinajstić information content (AvgIpc) is 3.10. The predicted molar refractivity (Wildman–Crippen MR) is 106 cm³/mol. The maximum absolute atomic E-state index is 12.0. The third-order valence-electron chi connectivity index (χ3n) is 4.63. The summed E-state index contributed by atoms with van der Waals surface area (Å²) in [6, 6.07) is 6.04. The Bertz CT molecular complexity index is 1180. The molecule has 1 aliphatic rings. The number of aromatic nitrogens is 5. The van der Waals surface area contributed by atoms with Gasteiger partial charge >= 0.3 is 0 Å². The van der Waals surface area contributed by atoms with E-state index in [9.17, 15) is 4.79 Å². The van der Waals surface area contributed by atoms with E-state index >= 15 is 0 Å². The Morgan fingerprint density at radius 1 is 1.17 bits per heavy atom. The van der Waals surface area contributed by atoms with Crippen LogP contribution in [0.2, 0.25) is 0 Å². The van der Waals surface area contributed by atoms with Crippen LogP contribution in [-0.2, 0) is 17.6 Å². The van der Waals surface area contributed by atoms with Gasteiger partial charge in [-0.3, -0.25) is 4.79 Å². The van der Waals surface area contributed by atoms with Crippen molar-refractivity contribution in [2.75, 3.05) is 0 Å². The molecule has 1 aromatic carbocycles. The molecule has 146 valence electrons. The molecule has 3 heterocycles. The molecular weight excluding hydrogens is 390 g/mol. The maximum Gasteiger partial charge on any atom is 0.230 e. The lowest BCUT2D eigenvalue weighted by atomic mass is 10.1. The number of nitrogens with one attached hydrogen (secondary N) is 1. The van der Waals surface area contributed by atoms with Gasteiger partial charge in [-0.25, -0.2) is 15.0 Å². The molecule has 0 unspecified atom stereocenters. The second-order valence-electron chi connectivity index (χ2n) is 7.06. The highest BCUT2D eigenvalue weighted by molar-refractivity contribution is 7.18. The van der Waals surface area contributed by atoms with Gasteiger partial charge in [-0.1, -0.05) is 6.07 Å². The van der Waals surface area contributed by atoms with Gasteiger partial charge in [0.1, 0.15) is 17.8 Å². The zero-order chi connectivity index (χ0) is 19.8. The maximum atomic E-state index is 12.0. The minimum Gasteiger partial charge on any atom is -0.424 e. The molecule has 0 saturated heterocycles.